The summed E-state index contributed by atoms with van der Waals surface area (Å²) < 4.78 is 50.7. The summed E-state index contributed by atoms with van der Waals surface area (Å²) in [6.07, 6.45) is 0. The highest BCUT2D eigenvalue weighted by Gasteiger charge is 2.28. The summed E-state index contributed by atoms with van der Waals surface area (Å²) in [5, 5.41) is 12.9. The Morgan fingerprint density at radius 2 is 1.76 bits per heavy atom. The third-order valence-electron chi connectivity index (χ3n) is 3.22. The van der Waals surface area contributed by atoms with Crippen molar-refractivity contribution in [3.8, 4) is 11.5 Å². The highest BCUT2D eigenvalue weighted by molar-refractivity contribution is 6.05. The molecular weight excluding hydrogens is 345 g/mol. The highest BCUT2D eigenvalue weighted by atomic mass is 19.2. The first-order valence-electron chi connectivity index (χ1n) is 6.65. The van der Waals surface area contributed by atoms with Crippen LogP contribution in [0.5, 0.6) is 11.5 Å². The maximum atomic E-state index is 13.8. The lowest BCUT2D eigenvalue weighted by molar-refractivity contribution is -0.387. The van der Waals surface area contributed by atoms with E-state index in [1.54, 1.807) is 0 Å². The molecule has 0 saturated carbocycles. The van der Waals surface area contributed by atoms with Crippen LogP contribution in [0.25, 0.3) is 0 Å². The van der Waals surface area contributed by atoms with E-state index in [9.17, 15) is 28.1 Å². The number of rotatable bonds is 5. The molecule has 0 unspecified atom stereocenters. The van der Waals surface area contributed by atoms with Crippen molar-refractivity contribution in [2.24, 2.45) is 0 Å². The van der Waals surface area contributed by atoms with E-state index in [0.717, 1.165) is 0 Å². The molecule has 0 aliphatic carbocycles. The Hall–Kier alpha value is -3.30. The average molecular weight is 356 g/mol. The Bertz CT molecular complexity index is 858. The summed E-state index contributed by atoms with van der Waals surface area (Å²) in [4.78, 5) is 21.6. The SMILES string of the molecule is COc1ccc(OC)c(NC(=O)c2cc([N+](=O)[O-])c(F)c(F)c2F)c1. The number of benzene rings is 2. The molecule has 1 amide bonds. The Morgan fingerprint density at radius 1 is 1.08 bits per heavy atom. The number of halogens is 3. The third-order valence-corrected chi connectivity index (χ3v) is 3.22. The fraction of sp³-hybridized carbons (Fsp3) is 0.133. The van der Waals surface area contributed by atoms with Crippen molar-refractivity contribution < 1.29 is 32.4 Å². The summed E-state index contributed by atoms with van der Waals surface area (Å²) in [5.74, 6) is -6.68. The van der Waals surface area contributed by atoms with Crippen molar-refractivity contribution in [3.63, 3.8) is 0 Å². The predicted octanol–water partition coefficient (Wildman–Crippen LogP) is 3.28. The number of anilines is 1. The number of amides is 1. The number of nitro benzene ring substituents is 1. The van der Waals surface area contributed by atoms with E-state index in [0.29, 0.717) is 11.8 Å². The van der Waals surface area contributed by atoms with Gasteiger partial charge < -0.3 is 14.8 Å². The molecule has 2 aromatic carbocycles. The Kier molecular flexibility index (Phi) is 5.11. The lowest BCUT2D eigenvalue weighted by Crippen LogP contribution is -2.16. The monoisotopic (exact) mass is 356 g/mol. The van der Waals surface area contributed by atoms with Crippen LogP contribution in [-0.4, -0.2) is 25.1 Å². The van der Waals surface area contributed by atoms with Crippen LogP contribution in [-0.2, 0) is 0 Å². The standard InChI is InChI=1S/C15H11F3N2O5/c1-24-7-3-4-11(25-2)9(5-7)19-15(21)8-6-10(20(22)23)13(17)14(18)12(8)16/h3-6H,1-2H3,(H,19,21). The first-order valence-corrected chi connectivity index (χ1v) is 6.65. The third kappa shape index (κ3) is 3.47. The van der Waals surface area contributed by atoms with Gasteiger partial charge in [0.25, 0.3) is 5.91 Å². The lowest BCUT2D eigenvalue weighted by atomic mass is 10.1. The Balaban J connectivity index is 2.47. The molecule has 1 N–H and O–H groups in total. The van der Waals surface area contributed by atoms with E-state index >= 15 is 0 Å². The van der Waals surface area contributed by atoms with Gasteiger partial charge in [-0.1, -0.05) is 0 Å². The van der Waals surface area contributed by atoms with Crippen LogP contribution in [0.2, 0.25) is 0 Å². The number of carbonyl (C=O) groups excluding carboxylic acids is 1. The molecule has 0 saturated heterocycles. The molecule has 0 aromatic heterocycles. The number of methoxy groups -OCH3 is 2. The number of hydrogen-bond donors (Lipinski definition) is 1. The predicted molar refractivity (Wildman–Crippen MR) is 80.5 cm³/mol. The fourth-order valence-electron chi connectivity index (χ4n) is 1.99. The normalized spacial score (nSPS) is 10.3. The average Bonchev–Trinajstić information content (AvgIpc) is 2.59. The van der Waals surface area contributed by atoms with Crippen LogP contribution in [0, 0.1) is 27.6 Å². The Labute approximate surface area is 139 Å². The molecule has 2 rings (SSSR count). The number of ether oxygens (including phenoxy) is 2. The molecule has 0 fully saturated rings. The second kappa shape index (κ2) is 7.07. The van der Waals surface area contributed by atoms with E-state index < -0.39 is 39.5 Å². The molecule has 0 atom stereocenters. The van der Waals surface area contributed by atoms with Crippen molar-refractivity contribution in [1.82, 2.24) is 0 Å². The highest BCUT2D eigenvalue weighted by Crippen LogP contribution is 2.31. The van der Waals surface area contributed by atoms with Gasteiger partial charge in [0.15, 0.2) is 5.82 Å². The van der Waals surface area contributed by atoms with E-state index in [2.05, 4.69) is 5.32 Å². The maximum absolute atomic E-state index is 13.8. The minimum Gasteiger partial charge on any atom is -0.497 e. The van der Waals surface area contributed by atoms with Gasteiger partial charge in [-0.3, -0.25) is 14.9 Å². The first-order chi connectivity index (χ1) is 11.8. The minimum absolute atomic E-state index is 0.0404. The van der Waals surface area contributed by atoms with Gasteiger partial charge in [-0.15, -0.1) is 0 Å². The van der Waals surface area contributed by atoms with Crippen molar-refractivity contribution in [1.29, 1.82) is 0 Å². The Morgan fingerprint density at radius 3 is 2.32 bits per heavy atom. The van der Waals surface area contributed by atoms with E-state index in [1.165, 1.54) is 32.4 Å². The summed E-state index contributed by atoms with van der Waals surface area (Å²) >= 11 is 0. The maximum Gasteiger partial charge on any atom is 0.308 e. The van der Waals surface area contributed by atoms with Crippen molar-refractivity contribution in [2.45, 2.75) is 0 Å². The molecule has 0 aliphatic rings. The van der Waals surface area contributed by atoms with Crippen LogP contribution in [0.1, 0.15) is 10.4 Å². The number of nitro groups is 1. The van der Waals surface area contributed by atoms with Gasteiger partial charge in [-0.2, -0.15) is 4.39 Å². The molecular formula is C15H11F3N2O5. The second-order valence-electron chi connectivity index (χ2n) is 4.66. The number of hydrogen-bond acceptors (Lipinski definition) is 5. The molecule has 132 valence electrons. The molecule has 2 aromatic rings. The second-order valence-corrected chi connectivity index (χ2v) is 4.66. The van der Waals surface area contributed by atoms with E-state index in [4.69, 9.17) is 9.47 Å². The zero-order valence-corrected chi connectivity index (χ0v) is 12.9. The fourth-order valence-corrected chi connectivity index (χ4v) is 1.99. The van der Waals surface area contributed by atoms with Gasteiger partial charge in [-0.05, 0) is 12.1 Å². The van der Waals surface area contributed by atoms with Crippen LogP contribution >= 0.6 is 0 Å². The first kappa shape index (κ1) is 18.0. The quantitative estimate of drug-likeness (QED) is 0.504. The van der Waals surface area contributed by atoms with Crippen molar-refractivity contribution in [2.75, 3.05) is 19.5 Å². The number of nitrogens with zero attached hydrogens (tertiary/aromatic N) is 1. The topological polar surface area (TPSA) is 90.7 Å². The van der Waals surface area contributed by atoms with Crippen molar-refractivity contribution in [3.05, 3.63) is 57.4 Å². The molecule has 25 heavy (non-hydrogen) atoms. The summed E-state index contributed by atoms with van der Waals surface area (Å²) in [6.45, 7) is 0. The number of nitrogens with one attached hydrogen (secondary N) is 1. The molecule has 7 nitrogen and oxygen atoms in total. The van der Waals surface area contributed by atoms with Gasteiger partial charge in [-0.25, -0.2) is 8.78 Å². The molecule has 0 radical (unpaired) electrons. The van der Waals surface area contributed by atoms with Crippen LogP contribution in [0.15, 0.2) is 24.3 Å². The van der Waals surface area contributed by atoms with Crippen LogP contribution < -0.4 is 14.8 Å². The number of carbonyl (C=O) groups is 1. The molecule has 10 heteroatoms. The summed E-state index contributed by atoms with van der Waals surface area (Å²) in [7, 11) is 2.67. The minimum atomic E-state index is -2.11. The molecule has 0 heterocycles. The zero-order valence-electron chi connectivity index (χ0n) is 12.9. The van der Waals surface area contributed by atoms with Gasteiger partial charge >= 0.3 is 5.69 Å². The van der Waals surface area contributed by atoms with Gasteiger partial charge in [0, 0.05) is 12.1 Å². The van der Waals surface area contributed by atoms with Crippen molar-refractivity contribution >= 4 is 17.3 Å². The zero-order chi connectivity index (χ0) is 18.7. The molecule has 0 aliphatic heterocycles. The summed E-state index contributed by atoms with van der Waals surface area (Å²) in [5.41, 5.74) is -2.35. The smallest absolute Gasteiger partial charge is 0.308 e. The van der Waals surface area contributed by atoms with Crippen LogP contribution in [0.4, 0.5) is 24.5 Å². The summed E-state index contributed by atoms with van der Waals surface area (Å²) in [6, 6.07) is 4.62. The molecule has 0 bridgehead atoms. The largest absolute Gasteiger partial charge is 0.497 e. The van der Waals surface area contributed by atoms with Gasteiger partial charge in [0.2, 0.25) is 11.6 Å². The van der Waals surface area contributed by atoms with Crippen LogP contribution in [0.3, 0.4) is 0 Å². The van der Waals surface area contributed by atoms with E-state index in [-0.39, 0.29) is 11.4 Å². The lowest BCUT2D eigenvalue weighted by Gasteiger charge is -2.12. The van der Waals surface area contributed by atoms with Gasteiger partial charge in [0.05, 0.1) is 30.4 Å². The van der Waals surface area contributed by atoms with Gasteiger partial charge in [0.1, 0.15) is 11.5 Å². The molecule has 0 spiro atoms. The van der Waals surface area contributed by atoms with E-state index in [1.807, 2.05) is 0 Å².